The second-order valence-corrected chi connectivity index (χ2v) is 4.18. The summed E-state index contributed by atoms with van der Waals surface area (Å²) in [6, 6.07) is 8.31. The lowest BCUT2D eigenvalue weighted by atomic mass is 9.94. The molecule has 0 spiro atoms. The Labute approximate surface area is 95.7 Å². The van der Waals surface area contributed by atoms with E-state index in [1.165, 1.54) is 0 Å². The number of nitrogens with zero attached hydrogens (tertiary/aromatic N) is 2. The molecule has 0 bridgehead atoms. The highest BCUT2D eigenvalue weighted by molar-refractivity contribution is 5.83. The van der Waals surface area contributed by atoms with Gasteiger partial charge in [0.25, 0.3) is 0 Å². The minimum atomic E-state index is 0.139. The molecular weight excluding hydrogens is 198 g/mol. The van der Waals surface area contributed by atoms with E-state index in [1.54, 1.807) is 6.20 Å². The average molecular weight is 215 g/mol. The summed E-state index contributed by atoms with van der Waals surface area (Å²) < 4.78 is 0. The second kappa shape index (κ2) is 4.58. The maximum absolute atomic E-state index is 6.07. The van der Waals surface area contributed by atoms with Gasteiger partial charge in [-0.15, -0.1) is 0 Å². The van der Waals surface area contributed by atoms with Crippen LogP contribution in [0.2, 0.25) is 0 Å². The standard InChI is InChI=1S/C13H17N3/c1-3-12(14)9(2)13-11-7-5-4-6-10(11)8-15-16-13/h4-9,12H,3,14H2,1-2H3. The van der Waals surface area contributed by atoms with Crippen molar-refractivity contribution in [1.29, 1.82) is 0 Å². The van der Waals surface area contributed by atoms with E-state index in [9.17, 15) is 0 Å². The Bertz CT molecular complexity index is 476. The summed E-state index contributed by atoms with van der Waals surface area (Å²) in [5.74, 6) is 0.239. The van der Waals surface area contributed by atoms with Gasteiger partial charge in [0.2, 0.25) is 0 Å². The van der Waals surface area contributed by atoms with E-state index in [-0.39, 0.29) is 12.0 Å². The van der Waals surface area contributed by atoms with Crippen LogP contribution in [0.4, 0.5) is 0 Å². The molecule has 1 aromatic carbocycles. The average Bonchev–Trinajstić information content (AvgIpc) is 2.36. The van der Waals surface area contributed by atoms with Crippen LogP contribution in [0.15, 0.2) is 30.5 Å². The molecule has 84 valence electrons. The molecule has 0 fully saturated rings. The second-order valence-electron chi connectivity index (χ2n) is 4.18. The van der Waals surface area contributed by atoms with Gasteiger partial charge in [0.1, 0.15) is 0 Å². The van der Waals surface area contributed by atoms with Gasteiger partial charge in [-0.2, -0.15) is 10.2 Å². The Kier molecular flexibility index (Phi) is 3.15. The third-order valence-electron chi connectivity index (χ3n) is 3.14. The van der Waals surface area contributed by atoms with E-state index in [4.69, 9.17) is 5.73 Å². The molecule has 0 saturated carbocycles. The maximum Gasteiger partial charge on any atom is 0.0752 e. The molecule has 2 rings (SSSR count). The SMILES string of the molecule is CCC(N)C(C)c1nncc2ccccc12. The maximum atomic E-state index is 6.07. The van der Waals surface area contributed by atoms with Crippen molar-refractivity contribution in [1.82, 2.24) is 10.2 Å². The number of benzene rings is 1. The normalized spacial score (nSPS) is 14.9. The van der Waals surface area contributed by atoms with Gasteiger partial charge in [-0.3, -0.25) is 0 Å². The van der Waals surface area contributed by atoms with Crippen LogP contribution in [-0.2, 0) is 0 Å². The van der Waals surface area contributed by atoms with Crippen LogP contribution in [-0.4, -0.2) is 16.2 Å². The zero-order chi connectivity index (χ0) is 11.5. The van der Waals surface area contributed by atoms with Gasteiger partial charge in [0.05, 0.1) is 11.9 Å². The van der Waals surface area contributed by atoms with Gasteiger partial charge in [-0.05, 0) is 6.42 Å². The van der Waals surface area contributed by atoms with E-state index >= 15 is 0 Å². The molecule has 2 N–H and O–H groups in total. The van der Waals surface area contributed by atoms with Crippen molar-refractivity contribution in [2.45, 2.75) is 32.2 Å². The number of hydrogen-bond donors (Lipinski definition) is 1. The lowest BCUT2D eigenvalue weighted by Crippen LogP contribution is -2.26. The summed E-state index contributed by atoms with van der Waals surface area (Å²) in [6.45, 7) is 4.21. The summed E-state index contributed by atoms with van der Waals surface area (Å²) in [4.78, 5) is 0. The molecule has 0 amide bonds. The first-order chi connectivity index (χ1) is 7.74. The van der Waals surface area contributed by atoms with Gasteiger partial charge in [0, 0.05) is 22.7 Å². The van der Waals surface area contributed by atoms with Crippen LogP contribution in [0.1, 0.15) is 31.9 Å². The number of fused-ring (bicyclic) bond motifs is 1. The Morgan fingerprint density at radius 2 is 2.06 bits per heavy atom. The first-order valence-corrected chi connectivity index (χ1v) is 5.70. The molecular formula is C13H17N3. The van der Waals surface area contributed by atoms with Crippen molar-refractivity contribution in [3.8, 4) is 0 Å². The van der Waals surface area contributed by atoms with Crippen LogP contribution in [0.5, 0.6) is 0 Å². The lowest BCUT2D eigenvalue weighted by molar-refractivity contribution is 0.539. The summed E-state index contributed by atoms with van der Waals surface area (Å²) >= 11 is 0. The largest absolute Gasteiger partial charge is 0.327 e. The zero-order valence-corrected chi connectivity index (χ0v) is 9.72. The van der Waals surface area contributed by atoms with Gasteiger partial charge >= 0.3 is 0 Å². The van der Waals surface area contributed by atoms with Gasteiger partial charge in [-0.1, -0.05) is 38.1 Å². The Hall–Kier alpha value is -1.48. The fourth-order valence-electron chi connectivity index (χ4n) is 1.94. The van der Waals surface area contributed by atoms with Crippen molar-refractivity contribution < 1.29 is 0 Å². The molecule has 2 atom stereocenters. The smallest absolute Gasteiger partial charge is 0.0752 e. The van der Waals surface area contributed by atoms with Gasteiger partial charge in [0.15, 0.2) is 0 Å². The molecule has 1 heterocycles. The van der Waals surface area contributed by atoms with E-state index < -0.39 is 0 Å². The molecule has 16 heavy (non-hydrogen) atoms. The molecule has 3 heteroatoms. The van der Waals surface area contributed by atoms with E-state index in [2.05, 4.69) is 36.2 Å². The summed E-state index contributed by atoms with van der Waals surface area (Å²) in [7, 11) is 0. The highest BCUT2D eigenvalue weighted by atomic mass is 15.1. The lowest BCUT2D eigenvalue weighted by Gasteiger charge is -2.18. The third-order valence-corrected chi connectivity index (χ3v) is 3.14. The van der Waals surface area contributed by atoms with E-state index in [0.717, 1.165) is 22.9 Å². The molecule has 0 saturated heterocycles. The number of nitrogens with two attached hydrogens (primary N) is 1. The van der Waals surface area contributed by atoms with Crippen molar-refractivity contribution in [2.75, 3.05) is 0 Å². The predicted molar refractivity (Wildman–Crippen MR) is 66.2 cm³/mol. The summed E-state index contributed by atoms with van der Waals surface area (Å²) in [5, 5.41) is 10.6. The van der Waals surface area contributed by atoms with Crippen LogP contribution in [0.3, 0.4) is 0 Å². The Morgan fingerprint density at radius 3 is 2.81 bits per heavy atom. The van der Waals surface area contributed by atoms with Crippen molar-refractivity contribution in [2.24, 2.45) is 5.73 Å². The summed E-state index contributed by atoms with van der Waals surface area (Å²) in [6.07, 6.45) is 2.75. The highest BCUT2D eigenvalue weighted by Crippen LogP contribution is 2.24. The van der Waals surface area contributed by atoms with Gasteiger partial charge < -0.3 is 5.73 Å². The number of rotatable bonds is 3. The highest BCUT2D eigenvalue weighted by Gasteiger charge is 2.17. The van der Waals surface area contributed by atoms with E-state index in [0.29, 0.717) is 0 Å². The zero-order valence-electron chi connectivity index (χ0n) is 9.72. The van der Waals surface area contributed by atoms with E-state index in [1.807, 2.05) is 12.1 Å². The minimum absolute atomic E-state index is 0.139. The van der Waals surface area contributed by atoms with Crippen molar-refractivity contribution in [3.63, 3.8) is 0 Å². The number of hydrogen-bond acceptors (Lipinski definition) is 3. The van der Waals surface area contributed by atoms with Gasteiger partial charge in [-0.25, -0.2) is 0 Å². The minimum Gasteiger partial charge on any atom is -0.327 e. The van der Waals surface area contributed by atoms with Crippen molar-refractivity contribution in [3.05, 3.63) is 36.2 Å². The summed E-state index contributed by atoms with van der Waals surface area (Å²) in [5.41, 5.74) is 7.08. The molecule has 0 aliphatic carbocycles. The van der Waals surface area contributed by atoms with Crippen LogP contribution >= 0.6 is 0 Å². The first kappa shape index (κ1) is 11.0. The van der Waals surface area contributed by atoms with Crippen LogP contribution in [0, 0.1) is 0 Å². The topological polar surface area (TPSA) is 51.8 Å². The Morgan fingerprint density at radius 1 is 1.31 bits per heavy atom. The molecule has 3 nitrogen and oxygen atoms in total. The third kappa shape index (κ3) is 1.91. The Balaban J connectivity index is 2.52. The molecule has 2 unspecified atom stereocenters. The van der Waals surface area contributed by atoms with Crippen LogP contribution in [0.25, 0.3) is 10.8 Å². The predicted octanol–water partition coefficient (Wildman–Crippen LogP) is 2.47. The molecule has 0 aliphatic rings. The van der Waals surface area contributed by atoms with Crippen LogP contribution < -0.4 is 5.73 Å². The number of aromatic nitrogens is 2. The molecule has 0 aliphatic heterocycles. The fraction of sp³-hybridized carbons (Fsp3) is 0.385. The molecule has 2 aromatic rings. The van der Waals surface area contributed by atoms with Crippen molar-refractivity contribution >= 4 is 10.8 Å². The quantitative estimate of drug-likeness (QED) is 0.855. The fourth-order valence-corrected chi connectivity index (χ4v) is 1.94. The monoisotopic (exact) mass is 215 g/mol. The first-order valence-electron chi connectivity index (χ1n) is 5.70. The molecule has 0 radical (unpaired) electrons. The molecule has 1 aromatic heterocycles.